The normalized spacial score (nSPS) is 21.3. The number of hydrogen-bond donors (Lipinski definition) is 1. The summed E-state index contributed by atoms with van der Waals surface area (Å²) in [5, 5.41) is 9.29. The number of aliphatic carboxylic acids is 1. The van der Waals surface area contributed by atoms with Crippen molar-refractivity contribution in [3.8, 4) is 11.5 Å². The van der Waals surface area contributed by atoms with Gasteiger partial charge >= 0.3 is 5.97 Å². The van der Waals surface area contributed by atoms with Crippen LogP contribution >= 0.6 is 0 Å². The first-order valence-electron chi connectivity index (χ1n) is 7.23. The molecule has 1 saturated heterocycles. The maximum atomic E-state index is 12.2. The van der Waals surface area contributed by atoms with Crippen LogP contribution in [0.25, 0.3) is 0 Å². The van der Waals surface area contributed by atoms with Crippen LogP contribution in [0.5, 0.6) is 11.5 Å². The standard InChI is InChI=1S/C16H21NO5/c1-16(15(19)20)8-5-9-17(11-16)14(18)10-22-13-7-4-3-6-12(13)21-2/h3-4,6-7H,5,8-11H2,1-2H3,(H,19,20). The van der Waals surface area contributed by atoms with E-state index in [1.807, 2.05) is 6.07 Å². The Morgan fingerprint density at radius 1 is 1.32 bits per heavy atom. The molecule has 1 N–H and O–H groups in total. The van der Waals surface area contributed by atoms with Crippen LogP contribution in [0.3, 0.4) is 0 Å². The minimum atomic E-state index is -0.877. The average molecular weight is 307 g/mol. The fourth-order valence-electron chi connectivity index (χ4n) is 2.60. The second-order valence-corrected chi connectivity index (χ2v) is 5.72. The maximum absolute atomic E-state index is 12.2. The van der Waals surface area contributed by atoms with E-state index >= 15 is 0 Å². The first kappa shape index (κ1) is 16.1. The number of amides is 1. The van der Waals surface area contributed by atoms with Crippen molar-refractivity contribution in [1.29, 1.82) is 0 Å². The quantitative estimate of drug-likeness (QED) is 0.897. The van der Waals surface area contributed by atoms with Gasteiger partial charge in [0.05, 0.1) is 12.5 Å². The Bertz CT molecular complexity index is 559. The molecule has 0 spiro atoms. The van der Waals surface area contributed by atoms with Gasteiger partial charge in [0.1, 0.15) is 0 Å². The van der Waals surface area contributed by atoms with Crippen molar-refractivity contribution in [2.75, 3.05) is 26.8 Å². The van der Waals surface area contributed by atoms with Crippen LogP contribution in [0.4, 0.5) is 0 Å². The van der Waals surface area contributed by atoms with Crippen LogP contribution in [0.15, 0.2) is 24.3 Å². The van der Waals surface area contributed by atoms with E-state index in [2.05, 4.69) is 0 Å². The number of piperidine rings is 1. The molecule has 22 heavy (non-hydrogen) atoms. The van der Waals surface area contributed by atoms with Crippen molar-refractivity contribution < 1.29 is 24.2 Å². The van der Waals surface area contributed by atoms with Gasteiger partial charge in [0.2, 0.25) is 0 Å². The molecule has 6 nitrogen and oxygen atoms in total. The number of para-hydroxylation sites is 2. The third-order valence-corrected chi connectivity index (χ3v) is 3.99. The summed E-state index contributed by atoms with van der Waals surface area (Å²) in [6, 6.07) is 7.09. The van der Waals surface area contributed by atoms with Gasteiger partial charge in [-0.3, -0.25) is 9.59 Å². The molecule has 2 rings (SSSR count). The van der Waals surface area contributed by atoms with Gasteiger partial charge in [0.25, 0.3) is 5.91 Å². The van der Waals surface area contributed by atoms with E-state index < -0.39 is 11.4 Å². The van der Waals surface area contributed by atoms with E-state index in [0.717, 1.165) is 0 Å². The van der Waals surface area contributed by atoms with Crippen LogP contribution in [-0.4, -0.2) is 48.7 Å². The molecule has 1 aliphatic heterocycles. The van der Waals surface area contributed by atoms with E-state index in [0.29, 0.717) is 30.9 Å². The molecule has 6 heteroatoms. The van der Waals surface area contributed by atoms with Gasteiger partial charge < -0.3 is 19.5 Å². The molecule has 1 aliphatic rings. The van der Waals surface area contributed by atoms with Gasteiger partial charge in [-0.25, -0.2) is 0 Å². The number of ether oxygens (including phenoxy) is 2. The molecule has 1 fully saturated rings. The van der Waals surface area contributed by atoms with Gasteiger partial charge in [0, 0.05) is 13.1 Å². The summed E-state index contributed by atoms with van der Waals surface area (Å²) >= 11 is 0. The molecule has 1 atom stereocenters. The fraction of sp³-hybridized carbons (Fsp3) is 0.500. The Kier molecular flexibility index (Phi) is 4.90. The zero-order valence-electron chi connectivity index (χ0n) is 12.9. The Labute approximate surface area is 129 Å². The highest BCUT2D eigenvalue weighted by Gasteiger charge is 2.39. The molecule has 0 radical (unpaired) electrons. The summed E-state index contributed by atoms with van der Waals surface area (Å²) in [6.07, 6.45) is 1.27. The highest BCUT2D eigenvalue weighted by molar-refractivity contribution is 5.80. The Hall–Kier alpha value is -2.24. The maximum Gasteiger partial charge on any atom is 0.311 e. The number of nitrogens with zero attached hydrogens (tertiary/aromatic N) is 1. The van der Waals surface area contributed by atoms with Crippen molar-refractivity contribution in [2.45, 2.75) is 19.8 Å². The number of methoxy groups -OCH3 is 1. The minimum absolute atomic E-state index is 0.129. The lowest BCUT2D eigenvalue weighted by Gasteiger charge is -2.37. The number of hydrogen-bond acceptors (Lipinski definition) is 4. The molecule has 0 bridgehead atoms. The zero-order valence-corrected chi connectivity index (χ0v) is 12.9. The number of carboxylic acids is 1. The lowest BCUT2D eigenvalue weighted by molar-refractivity contribution is -0.153. The third kappa shape index (κ3) is 3.50. The average Bonchev–Trinajstić information content (AvgIpc) is 2.52. The third-order valence-electron chi connectivity index (χ3n) is 3.99. The summed E-state index contributed by atoms with van der Waals surface area (Å²) in [5.41, 5.74) is -0.877. The molecule has 1 aromatic carbocycles. The molecule has 120 valence electrons. The number of likely N-dealkylation sites (tertiary alicyclic amines) is 1. The summed E-state index contributed by atoms with van der Waals surface area (Å²) in [4.78, 5) is 25.1. The first-order valence-corrected chi connectivity index (χ1v) is 7.23. The molecule has 0 saturated carbocycles. The van der Waals surface area contributed by atoms with E-state index in [4.69, 9.17) is 9.47 Å². The summed E-state index contributed by atoms with van der Waals surface area (Å²) < 4.78 is 10.7. The lowest BCUT2D eigenvalue weighted by atomic mass is 9.82. The van der Waals surface area contributed by atoms with Crippen LogP contribution in [0.2, 0.25) is 0 Å². The van der Waals surface area contributed by atoms with Crippen LogP contribution in [0, 0.1) is 5.41 Å². The lowest BCUT2D eigenvalue weighted by Crippen LogP contribution is -2.49. The summed E-state index contributed by atoms with van der Waals surface area (Å²) in [7, 11) is 1.53. The first-order chi connectivity index (χ1) is 10.5. The molecule has 1 heterocycles. The summed E-state index contributed by atoms with van der Waals surface area (Å²) in [6.45, 7) is 2.33. The number of rotatable bonds is 5. The second-order valence-electron chi connectivity index (χ2n) is 5.72. The van der Waals surface area contributed by atoms with Crippen molar-refractivity contribution in [1.82, 2.24) is 4.90 Å². The smallest absolute Gasteiger partial charge is 0.311 e. The number of benzene rings is 1. The zero-order chi connectivity index (χ0) is 16.2. The molecule has 1 unspecified atom stereocenters. The topological polar surface area (TPSA) is 76.1 Å². The van der Waals surface area contributed by atoms with Gasteiger partial charge in [-0.15, -0.1) is 0 Å². The van der Waals surface area contributed by atoms with Gasteiger partial charge in [0.15, 0.2) is 18.1 Å². The largest absolute Gasteiger partial charge is 0.493 e. The van der Waals surface area contributed by atoms with Crippen molar-refractivity contribution in [3.63, 3.8) is 0 Å². The predicted octanol–water partition coefficient (Wildman–Crippen LogP) is 1.79. The van der Waals surface area contributed by atoms with Crippen LogP contribution < -0.4 is 9.47 Å². The van der Waals surface area contributed by atoms with Gasteiger partial charge in [-0.05, 0) is 31.9 Å². The minimum Gasteiger partial charge on any atom is -0.493 e. The molecule has 0 aromatic heterocycles. The molecular weight excluding hydrogens is 286 g/mol. The van der Waals surface area contributed by atoms with E-state index in [1.165, 1.54) is 7.11 Å². The predicted molar refractivity (Wildman–Crippen MR) is 80.0 cm³/mol. The molecule has 0 aliphatic carbocycles. The monoisotopic (exact) mass is 307 g/mol. The fourth-order valence-corrected chi connectivity index (χ4v) is 2.60. The van der Waals surface area contributed by atoms with Crippen molar-refractivity contribution >= 4 is 11.9 Å². The molecule has 1 aromatic rings. The van der Waals surface area contributed by atoms with E-state index in [1.54, 1.807) is 30.0 Å². The highest BCUT2D eigenvalue weighted by Crippen LogP contribution is 2.30. The second kappa shape index (κ2) is 6.68. The Morgan fingerprint density at radius 2 is 2.00 bits per heavy atom. The van der Waals surface area contributed by atoms with Gasteiger partial charge in [-0.1, -0.05) is 12.1 Å². The Morgan fingerprint density at radius 3 is 2.64 bits per heavy atom. The van der Waals surface area contributed by atoms with Crippen molar-refractivity contribution in [2.24, 2.45) is 5.41 Å². The molecular formula is C16H21NO5. The molecule has 1 amide bonds. The highest BCUT2D eigenvalue weighted by atomic mass is 16.5. The van der Waals surface area contributed by atoms with E-state index in [9.17, 15) is 14.7 Å². The summed E-state index contributed by atoms with van der Waals surface area (Å²) in [5.74, 6) is -0.0191. The van der Waals surface area contributed by atoms with E-state index in [-0.39, 0.29) is 19.1 Å². The number of carbonyl (C=O) groups excluding carboxylic acids is 1. The van der Waals surface area contributed by atoms with Crippen molar-refractivity contribution in [3.05, 3.63) is 24.3 Å². The van der Waals surface area contributed by atoms with Crippen LogP contribution in [0.1, 0.15) is 19.8 Å². The van der Waals surface area contributed by atoms with Gasteiger partial charge in [-0.2, -0.15) is 0 Å². The number of carboxylic acid groups (broad SMARTS) is 1. The van der Waals surface area contributed by atoms with Crippen LogP contribution in [-0.2, 0) is 9.59 Å². The Balaban J connectivity index is 1.96. The number of carbonyl (C=O) groups is 2. The SMILES string of the molecule is COc1ccccc1OCC(=O)N1CCCC(C)(C(=O)O)C1.